The SMILES string of the molecule is Cc1cccc(Cc2c(C)[nH]n3cnnc3c2=O)c1. The molecule has 0 spiro atoms. The Morgan fingerprint density at radius 3 is 2.95 bits per heavy atom. The van der Waals surface area contributed by atoms with Gasteiger partial charge in [-0.25, -0.2) is 4.52 Å². The fraction of sp³-hybridized carbons (Fsp3) is 0.214. The second kappa shape index (κ2) is 4.35. The number of H-pyrrole nitrogens is 1. The lowest BCUT2D eigenvalue weighted by Gasteiger charge is -2.07. The van der Waals surface area contributed by atoms with Gasteiger partial charge in [0.05, 0.1) is 0 Å². The Labute approximate surface area is 109 Å². The number of hydrogen-bond acceptors (Lipinski definition) is 3. The molecule has 0 bridgehead atoms. The summed E-state index contributed by atoms with van der Waals surface area (Å²) in [6, 6.07) is 8.17. The summed E-state index contributed by atoms with van der Waals surface area (Å²) in [5.74, 6) is 0. The van der Waals surface area contributed by atoms with Crippen LogP contribution in [0.5, 0.6) is 0 Å². The molecule has 1 aromatic carbocycles. The number of nitrogens with one attached hydrogen (secondary N) is 1. The number of nitrogens with zero attached hydrogens (tertiary/aromatic N) is 3. The van der Waals surface area contributed by atoms with Crippen LogP contribution in [0.4, 0.5) is 0 Å². The molecule has 19 heavy (non-hydrogen) atoms. The Hall–Kier alpha value is -2.43. The number of aryl methyl sites for hydroxylation is 2. The minimum atomic E-state index is -0.0599. The van der Waals surface area contributed by atoms with E-state index in [9.17, 15) is 4.79 Å². The summed E-state index contributed by atoms with van der Waals surface area (Å²) in [6.07, 6.45) is 2.10. The van der Waals surface area contributed by atoms with E-state index in [-0.39, 0.29) is 5.43 Å². The third-order valence-electron chi connectivity index (χ3n) is 3.23. The van der Waals surface area contributed by atoms with E-state index in [1.165, 1.54) is 11.9 Å². The molecule has 5 nitrogen and oxygen atoms in total. The van der Waals surface area contributed by atoms with E-state index in [4.69, 9.17) is 0 Å². The third-order valence-corrected chi connectivity index (χ3v) is 3.23. The van der Waals surface area contributed by atoms with Gasteiger partial charge >= 0.3 is 0 Å². The van der Waals surface area contributed by atoms with Crippen molar-refractivity contribution in [3.05, 3.63) is 63.2 Å². The van der Waals surface area contributed by atoms with Gasteiger partial charge in [0, 0.05) is 17.7 Å². The van der Waals surface area contributed by atoms with Crippen LogP contribution >= 0.6 is 0 Å². The highest BCUT2D eigenvalue weighted by molar-refractivity contribution is 5.42. The van der Waals surface area contributed by atoms with Crippen molar-refractivity contribution in [2.45, 2.75) is 20.3 Å². The van der Waals surface area contributed by atoms with Crippen molar-refractivity contribution in [1.82, 2.24) is 19.8 Å². The van der Waals surface area contributed by atoms with Crippen LogP contribution in [-0.4, -0.2) is 19.8 Å². The second-order valence-corrected chi connectivity index (χ2v) is 4.73. The zero-order valence-corrected chi connectivity index (χ0v) is 10.8. The first-order chi connectivity index (χ1) is 9.15. The minimum Gasteiger partial charge on any atom is -0.295 e. The van der Waals surface area contributed by atoms with Gasteiger partial charge in [-0.15, -0.1) is 10.2 Å². The highest BCUT2D eigenvalue weighted by atomic mass is 16.1. The molecule has 2 heterocycles. The molecule has 0 aliphatic carbocycles. The van der Waals surface area contributed by atoms with Crippen molar-refractivity contribution in [2.24, 2.45) is 0 Å². The summed E-state index contributed by atoms with van der Waals surface area (Å²) < 4.78 is 1.55. The zero-order chi connectivity index (χ0) is 13.4. The van der Waals surface area contributed by atoms with Crippen LogP contribution in [0.15, 0.2) is 35.4 Å². The maximum atomic E-state index is 12.4. The Balaban J connectivity index is 2.12. The summed E-state index contributed by atoms with van der Waals surface area (Å²) in [4.78, 5) is 12.4. The highest BCUT2D eigenvalue weighted by Gasteiger charge is 2.11. The van der Waals surface area contributed by atoms with Crippen LogP contribution in [0.2, 0.25) is 0 Å². The Bertz CT molecular complexity index is 801. The fourth-order valence-electron chi connectivity index (χ4n) is 2.26. The number of hydrogen-bond donors (Lipinski definition) is 1. The van der Waals surface area contributed by atoms with Gasteiger partial charge < -0.3 is 0 Å². The van der Waals surface area contributed by atoms with Crippen LogP contribution in [0, 0.1) is 13.8 Å². The Morgan fingerprint density at radius 1 is 1.32 bits per heavy atom. The first-order valence-electron chi connectivity index (χ1n) is 6.12. The zero-order valence-electron chi connectivity index (χ0n) is 10.8. The second-order valence-electron chi connectivity index (χ2n) is 4.73. The van der Waals surface area contributed by atoms with E-state index < -0.39 is 0 Å². The molecule has 0 amide bonds. The smallest absolute Gasteiger partial charge is 0.230 e. The topological polar surface area (TPSA) is 63.1 Å². The van der Waals surface area contributed by atoms with Gasteiger partial charge in [0.25, 0.3) is 0 Å². The lowest BCUT2D eigenvalue weighted by Crippen LogP contribution is -2.17. The number of rotatable bonds is 2. The lowest BCUT2D eigenvalue weighted by molar-refractivity contribution is 0.865. The van der Waals surface area contributed by atoms with Crippen molar-refractivity contribution in [3.63, 3.8) is 0 Å². The van der Waals surface area contributed by atoms with E-state index in [1.807, 2.05) is 32.0 Å². The molecule has 0 saturated carbocycles. The molecule has 0 aliphatic heterocycles. The van der Waals surface area contributed by atoms with Crippen molar-refractivity contribution in [2.75, 3.05) is 0 Å². The summed E-state index contributed by atoms with van der Waals surface area (Å²) in [5, 5.41) is 10.7. The molecule has 0 saturated heterocycles. The summed E-state index contributed by atoms with van der Waals surface area (Å²) in [6.45, 7) is 3.94. The van der Waals surface area contributed by atoms with Gasteiger partial charge in [0.2, 0.25) is 11.1 Å². The van der Waals surface area contributed by atoms with Crippen molar-refractivity contribution >= 4 is 5.65 Å². The first-order valence-corrected chi connectivity index (χ1v) is 6.12. The Kier molecular flexibility index (Phi) is 2.67. The molecule has 0 aliphatic rings. The van der Waals surface area contributed by atoms with Gasteiger partial charge in [-0.1, -0.05) is 29.8 Å². The quantitative estimate of drug-likeness (QED) is 0.756. The largest absolute Gasteiger partial charge is 0.295 e. The van der Waals surface area contributed by atoms with E-state index in [0.29, 0.717) is 12.1 Å². The van der Waals surface area contributed by atoms with Gasteiger partial charge in [0.15, 0.2) is 0 Å². The lowest BCUT2D eigenvalue weighted by atomic mass is 10.0. The van der Waals surface area contributed by atoms with E-state index in [1.54, 1.807) is 4.52 Å². The summed E-state index contributed by atoms with van der Waals surface area (Å²) in [5.41, 5.74) is 4.18. The maximum absolute atomic E-state index is 12.4. The third kappa shape index (κ3) is 2.03. The molecule has 96 valence electrons. The predicted molar refractivity (Wildman–Crippen MR) is 72.3 cm³/mol. The van der Waals surface area contributed by atoms with Gasteiger partial charge in [0.1, 0.15) is 6.33 Å². The molecule has 3 rings (SSSR count). The Morgan fingerprint density at radius 2 is 2.16 bits per heavy atom. The molecule has 0 unspecified atom stereocenters. The fourth-order valence-corrected chi connectivity index (χ4v) is 2.26. The van der Waals surface area contributed by atoms with Crippen LogP contribution in [-0.2, 0) is 6.42 Å². The van der Waals surface area contributed by atoms with Crippen LogP contribution < -0.4 is 5.43 Å². The molecular weight excluding hydrogens is 240 g/mol. The van der Waals surface area contributed by atoms with E-state index in [0.717, 1.165) is 16.8 Å². The van der Waals surface area contributed by atoms with Crippen LogP contribution in [0.1, 0.15) is 22.4 Å². The first kappa shape index (κ1) is 11.6. The molecule has 5 heteroatoms. The molecule has 1 N–H and O–H groups in total. The van der Waals surface area contributed by atoms with Gasteiger partial charge in [-0.05, 0) is 19.4 Å². The molecule has 0 fully saturated rings. The monoisotopic (exact) mass is 254 g/mol. The van der Waals surface area contributed by atoms with E-state index >= 15 is 0 Å². The standard InChI is InChI=1S/C14H14N4O/c1-9-4-3-5-11(6-9)7-12-10(2)17-18-8-15-16-14(18)13(12)19/h3-6,8,17H,7H2,1-2H3. The van der Waals surface area contributed by atoms with Crippen LogP contribution in [0.25, 0.3) is 5.65 Å². The van der Waals surface area contributed by atoms with Gasteiger partial charge in [-0.2, -0.15) is 0 Å². The average Bonchev–Trinajstić information content (AvgIpc) is 2.83. The normalized spacial score (nSPS) is 11.1. The van der Waals surface area contributed by atoms with E-state index in [2.05, 4.69) is 21.4 Å². The summed E-state index contributed by atoms with van der Waals surface area (Å²) >= 11 is 0. The highest BCUT2D eigenvalue weighted by Crippen LogP contribution is 2.11. The number of aromatic amines is 1. The maximum Gasteiger partial charge on any atom is 0.230 e. The predicted octanol–water partition coefficient (Wildman–Crippen LogP) is 1.63. The number of aromatic nitrogens is 4. The molecule has 0 radical (unpaired) electrons. The molecular formula is C14H14N4O. The number of fused-ring (bicyclic) bond motifs is 1. The average molecular weight is 254 g/mol. The summed E-state index contributed by atoms with van der Waals surface area (Å²) in [7, 11) is 0. The molecule has 2 aromatic heterocycles. The number of benzene rings is 1. The molecule has 3 aromatic rings. The van der Waals surface area contributed by atoms with Gasteiger partial charge in [-0.3, -0.25) is 9.89 Å². The minimum absolute atomic E-state index is 0.0599. The molecule has 0 atom stereocenters. The van der Waals surface area contributed by atoms with Crippen molar-refractivity contribution < 1.29 is 0 Å². The van der Waals surface area contributed by atoms with Crippen LogP contribution in [0.3, 0.4) is 0 Å². The van der Waals surface area contributed by atoms with Crippen molar-refractivity contribution in [1.29, 1.82) is 0 Å². The van der Waals surface area contributed by atoms with Crippen molar-refractivity contribution in [3.8, 4) is 0 Å².